The quantitative estimate of drug-likeness (QED) is 0.542. The summed E-state index contributed by atoms with van der Waals surface area (Å²) in [6.07, 6.45) is 0. The van der Waals surface area contributed by atoms with Crippen LogP contribution in [-0.4, -0.2) is 33.0 Å². The number of aryl methyl sites for hydroxylation is 1. The number of hydrogen-bond acceptors (Lipinski definition) is 7. The lowest BCUT2D eigenvalue weighted by Crippen LogP contribution is -2.12. The SMILES string of the molecule is CCOc1ccc(NC(=O)c2sc(NS(=O)(=O)c3ccc(OC)cc3)nc2C)cc1. The molecule has 158 valence electrons. The maximum absolute atomic E-state index is 12.6. The van der Waals surface area contributed by atoms with Crippen LogP contribution in [0.15, 0.2) is 53.4 Å². The highest BCUT2D eigenvalue weighted by Gasteiger charge is 2.20. The van der Waals surface area contributed by atoms with Gasteiger partial charge in [-0.2, -0.15) is 0 Å². The number of benzene rings is 2. The molecule has 0 aliphatic rings. The summed E-state index contributed by atoms with van der Waals surface area (Å²) in [5.41, 5.74) is 1.02. The van der Waals surface area contributed by atoms with E-state index >= 15 is 0 Å². The molecule has 0 saturated carbocycles. The number of rotatable bonds is 8. The minimum Gasteiger partial charge on any atom is -0.497 e. The Morgan fingerprint density at radius 1 is 1.07 bits per heavy atom. The Morgan fingerprint density at radius 2 is 1.70 bits per heavy atom. The Bertz CT molecular complexity index is 1120. The van der Waals surface area contributed by atoms with E-state index in [9.17, 15) is 13.2 Å². The van der Waals surface area contributed by atoms with Crippen LogP contribution in [0, 0.1) is 6.92 Å². The molecule has 3 aromatic rings. The summed E-state index contributed by atoms with van der Waals surface area (Å²) >= 11 is 0.965. The molecule has 0 saturated heterocycles. The molecule has 2 N–H and O–H groups in total. The Hall–Kier alpha value is -3.11. The first-order valence-electron chi connectivity index (χ1n) is 9.01. The van der Waals surface area contributed by atoms with Gasteiger partial charge in [0, 0.05) is 5.69 Å². The zero-order chi connectivity index (χ0) is 21.7. The van der Waals surface area contributed by atoms with Crippen molar-refractivity contribution in [3.63, 3.8) is 0 Å². The Balaban J connectivity index is 1.73. The molecule has 0 atom stereocenters. The topological polar surface area (TPSA) is 107 Å². The van der Waals surface area contributed by atoms with Crippen molar-refractivity contribution in [3.05, 3.63) is 59.1 Å². The van der Waals surface area contributed by atoms with E-state index in [1.54, 1.807) is 43.3 Å². The van der Waals surface area contributed by atoms with E-state index < -0.39 is 10.0 Å². The summed E-state index contributed by atoms with van der Waals surface area (Å²) in [5, 5.41) is 2.88. The van der Waals surface area contributed by atoms with Gasteiger partial charge in [-0.3, -0.25) is 9.52 Å². The Labute approximate surface area is 178 Å². The maximum atomic E-state index is 12.6. The van der Waals surface area contributed by atoms with E-state index in [2.05, 4.69) is 15.0 Å². The van der Waals surface area contributed by atoms with Gasteiger partial charge < -0.3 is 14.8 Å². The minimum absolute atomic E-state index is 0.0662. The van der Waals surface area contributed by atoms with Crippen molar-refractivity contribution in [1.82, 2.24) is 4.98 Å². The molecular weight excluding hydrogens is 426 g/mol. The lowest BCUT2D eigenvalue weighted by atomic mass is 10.3. The number of hydrogen-bond donors (Lipinski definition) is 2. The molecule has 8 nitrogen and oxygen atoms in total. The number of methoxy groups -OCH3 is 1. The second kappa shape index (κ2) is 9.14. The Morgan fingerprint density at radius 3 is 2.30 bits per heavy atom. The summed E-state index contributed by atoms with van der Waals surface area (Å²) in [6.45, 7) is 4.10. The maximum Gasteiger partial charge on any atom is 0.267 e. The molecular formula is C20H21N3O5S2. The number of ether oxygens (including phenoxy) is 2. The molecule has 0 aliphatic heterocycles. The van der Waals surface area contributed by atoms with Gasteiger partial charge in [0.05, 0.1) is 24.3 Å². The van der Waals surface area contributed by atoms with Crippen LogP contribution >= 0.6 is 11.3 Å². The average Bonchev–Trinajstić information content (AvgIpc) is 3.09. The number of nitrogens with one attached hydrogen (secondary N) is 2. The fourth-order valence-corrected chi connectivity index (χ4v) is 4.67. The van der Waals surface area contributed by atoms with Gasteiger partial charge in [0.1, 0.15) is 16.4 Å². The minimum atomic E-state index is -3.84. The smallest absolute Gasteiger partial charge is 0.267 e. The molecule has 10 heteroatoms. The lowest BCUT2D eigenvalue weighted by Gasteiger charge is -2.06. The first kappa shape index (κ1) is 21.6. The van der Waals surface area contributed by atoms with Gasteiger partial charge in [-0.1, -0.05) is 11.3 Å². The molecule has 0 bridgehead atoms. The molecule has 1 aromatic heterocycles. The average molecular weight is 448 g/mol. The number of thiazole rings is 1. The summed E-state index contributed by atoms with van der Waals surface area (Å²) < 4.78 is 38.0. The number of sulfonamides is 1. The van der Waals surface area contributed by atoms with Gasteiger partial charge in [0.15, 0.2) is 5.13 Å². The van der Waals surface area contributed by atoms with Crippen molar-refractivity contribution >= 4 is 38.1 Å². The number of anilines is 2. The van der Waals surface area contributed by atoms with Gasteiger partial charge >= 0.3 is 0 Å². The third-order valence-corrected chi connectivity index (χ3v) is 6.57. The number of nitrogens with zero attached hydrogens (tertiary/aromatic N) is 1. The van der Waals surface area contributed by atoms with Gasteiger partial charge in [0.2, 0.25) is 0 Å². The van der Waals surface area contributed by atoms with Crippen LogP contribution in [0.4, 0.5) is 10.8 Å². The molecule has 0 aliphatic carbocycles. The summed E-state index contributed by atoms with van der Waals surface area (Å²) in [4.78, 5) is 17.2. The number of amides is 1. The predicted molar refractivity (Wildman–Crippen MR) is 116 cm³/mol. The fourth-order valence-electron chi connectivity index (χ4n) is 2.57. The van der Waals surface area contributed by atoms with Crippen LogP contribution in [0.25, 0.3) is 0 Å². The van der Waals surface area contributed by atoms with Crippen molar-refractivity contribution in [3.8, 4) is 11.5 Å². The summed E-state index contributed by atoms with van der Waals surface area (Å²) in [7, 11) is -2.34. The molecule has 1 amide bonds. The monoisotopic (exact) mass is 447 g/mol. The highest BCUT2D eigenvalue weighted by Crippen LogP contribution is 2.27. The molecule has 0 unspecified atom stereocenters. The third-order valence-electron chi connectivity index (χ3n) is 4.02. The van der Waals surface area contributed by atoms with Crippen LogP contribution in [0.5, 0.6) is 11.5 Å². The number of carbonyl (C=O) groups is 1. The van der Waals surface area contributed by atoms with E-state index in [0.29, 0.717) is 34.4 Å². The van der Waals surface area contributed by atoms with E-state index in [4.69, 9.17) is 9.47 Å². The summed E-state index contributed by atoms with van der Waals surface area (Å²) in [5.74, 6) is 0.885. The first-order chi connectivity index (χ1) is 14.3. The van der Waals surface area contributed by atoms with Crippen molar-refractivity contribution < 1.29 is 22.7 Å². The van der Waals surface area contributed by atoms with Crippen molar-refractivity contribution in [2.75, 3.05) is 23.8 Å². The second-order valence-corrected chi connectivity index (χ2v) is 8.81. The highest BCUT2D eigenvalue weighted by molar-refractivity contribution is 7.93. The lowest BCUT2D eigenvalue weighted by molar-refractivity contribution is 0.102. The van der Waals surface area contributed by atoms with E-state index in [-0.39, 0.29) is 15.9 Å². The van der Waals surface area contributed by atoms with Crippen LogP contribution in [0.2, 0.25) is 0 Å². The van der Waals surface area contributed by atoms with E-state index in [1.165, 1.54) is 19.2 Å². The summed E-state index contributed by atoms with van der Waals surface area (Å²) in [6, 6.07) is 12.9. The van der Waals surface area contributed by atoms with Gasteiger partial charge in [-0.15, -0.1) is 0 Å². The molecule has 2 aromatic carbocycles. The van der Waals surface area contributed by atoms with Crippen molar-refractivity contribution in [2.24, 2.45) is 0 Å². The normalized spacial score (nSPS) is 11.0. The molecule has 0 fully saturated rings. The van der Waals surface area contributed by atoms with Gasteiger partial charge in [-0.05, 0) is 62.4 Å². The van der Waals surface area contributed by atoms with E-state index in [0.717, 1.165) is 11.3 Å². The Kier molecular flexibility index (Phi) is 6.58. The van der Waals surface area contributed by atoms with Crippen LogP contribution in [0.3, 0.4) is 0 Å². The molecule has 1 heterocycles. The number of carbonyl (C=O) groups excluding carboxylic acids is 1. The zero-order valence-electron chi connectivity index (χ0n) is 16.6. The molecule has 3 rings (SSSR count). The fraction of sp³-hybridized carbons (Fsp3) is 0.200. The van der Waals surface area contributed by atoms with Gasteiger partial charge in [0.25, 0.3) is 15.9 Å². The van der Waals surface area contributed by atoms with E-state index in [1.807, 2.05) is 6.92 Å². The first-order valence-corrected chi connectivity index (χ1v) is 11.3. The standard InChI is InChI=1S/C20H21N3O5S2/c1-4-28-16-7-5-14(6-8-16)22-19(24)18-13(2)21-20(29-18)23-30(25,26)17-11-9-15(27-3)10-12-17/h5-12H,4H2,1-3H3,(H,21,23)(H,22,24). The van der Waals surface area contributed by atoms with Gasteiger partial charge in [-0.25, -0.2) is 13.4 Å². The van der Waals surface area contributed by atoms with Crippen molar-refractivity contribution in [2.45, 2.75) is 18.7 Å². The predicted octanol–water partition coefficient (Wildman–Crippen LogP) is 3.91. The molecule has 30 heavy (non-hydrogen) atoms. The largest absolute Gasteiger partial charge is 0.497 e. The molecule has 0 radical (unpaired) electrons. The zero-order valence-corrected chi connectivity index (χ0v) is 18.3. The second-order valence-electron chi connectivity index (χ2n) is 6.13. The van der Waals surface area contributed by atoms with Crippen LogP contribution in [-0.2, 0) is 10.0 Å². The number of aromatic nitrogens is 1. The third kappa shape index (κ3) is 5.08. The van der Waals surface area contributed by atoms with Crippen LogP contribution < -0.4 is 19.5 Å². The van der Waals surface area contributed by atoms with Crippen molar-refractivity contribution in [1.29, 1.82) is 0 Å². The molecule has 0 spiro atoms. The van der Waals surface area contributed by atoms with Crippen LogP contribution in [0.1, 0.15) is 22.3 Å². The highest BCUT2D eigenvalue weighted by atomic mass is 32.2.